The van der Waals surface area contributed by atoms with Crippen molar-refractivity contribution in [2.75, 3.05) is 19.2 Å². The number of nitrogens with one attached hydrogen (secondary N) is 2. The summed E-state index contributed by atoms with van der Waals surface area (Å²) in [7, 11) is 1.43. The molecule has 0 spiro atoms. The van der Waals surface area contributed by atoms with E-state index < -0.39 is 23.9 Å². The van der Waals surface area contributed by atoms with Gasteiger partial charge in [0.25, 0.3) is 11.8 Å². The molecule has 0 saturated heterocycles. The molecule has 4 rings (SSSR count). The standard InChI is InChI=1S/C25H19F3N2O6/c1-33-20-13-22-21(34-14-35-22)12-16(20)11-19(30-23(31)15-5-3-2-4-6-15)24(32)29-17-7-9-18(10-8-17)36-25(26,27)28/h2-13H,14H2,1H3,(H,29,32)(H,30,31)/b19-11+. The molecule has 0 saturated carbocycles. The van der Waals surface area contributed by atoms with Gasteiger partial charge in [0.05, 0.1) is 7.11 Å². The highest BCUT2D eigenvalue weighted by molar-refractivity contribution is 6.10. The quantitative estimate of drug-likeness (QED) is 0.456. The summed E-state index contributed by atoms with van der Waals surface area (Å²) in [5.74, 6) is -0.485. The van der Waals surface area contributed by atoms with E-state index >= 15 is 0 Å². The zero-order chi connectivity index (χ0) is 25.7. The number of anilines is 1. The molecule has 2 amide bonds. The topological polar surface area (TPSA) is 95.1 Å². The van der Waals surface area contributed by atoms with Gasteiger partial charge in [0.15, 0.2) is 11.5 Å². The van der Waals surface area contributed by atoms with Crippen molar-refractivity contribution < 1.29 is 41.7 Å². The largest absolute Gasteiger partial charge is 0.573 e. The molecule has 3 aromatic carbocycles. The maximum Gasteiger partial charge on any atom is 0.573 e. The molecule has 36 heavy (non-hydrogen) atoms. The first-order valence-corrected chi connectivity index (χ1v) is 10.4. The zero-order valence-corrected chi connectivity index (χ0v) is 18.7. The summed E-state index contributed by atoms with van der Waals surface area (Å²) < 4.78 is 57.2. The second-order valence-corrected chi connectivity index (χ2v) is 7.35. The summed E-state index contributed by atoms with van der Waals surface area (Å²) in [5.41, 5.74) is 0.736. The first kappa shape index (κ1) is 24.5. The Labute approximate surface area is 203 Å². The van der Waals surface area contributed by atoms with Crippen molar-refractivity contribution in [2.24, 2.45) is 0 Å². The molecule has 1 heterocycles. The molecule has 3 aromatic rings. The van der Waals surface area contributed by atoms with Gasteiger partial charge in [-0.2, -0.15) is 0 Å². The third kappa shape index (κ3) is 6.06. The van der Waals surface area contributed by atoms with Gasteiger partial charge in [-0.05, 0) is 48.5 Å². The number of benzene rings is 3. The summed E-state index contributed by atoms with van der Waals surface area (Å²) in [6.45, 7) is 0.0256. The fourth-order valence-electron chi connectivity index (χ4n) is 3.26. The van der Waals surface area contributed by atoms with E-state index in [-0.39, 0.29) is 18.2 Å². The number of fused-ring (bicyclic) bond motifs is 1. The molecule has 8 nitrogen and oxygen atoms in total. The van der Waals surface area contributed by atoms with Crippen LogP contribution in [-0.4, -0.2) is 32.1 Å². The van der Waals surface area contributed by atoms with E-state index in [2.05, 4.69) is 15.4 Å². The fourth-order valence-corrected chi connectivity index (χ4v) is 3.26. The Morgan fingerprint density at radius 1 is 0.972 bits per heavy atom. The lowest BCUT2D eigenvalue weighted by Gasteiger charge is -2.13. The normalized spacial score (nSPS) is 12.6. The summed E-state index contributed by atoms with van der Waals surface area (Å²) >= 11 is 0. The minimum Gasteiger partial charge on any atom is -0.496 e. The number of alkyl halides is 3. The van der Waals surface area contributed by atoms with E-state index in [1.54, 1.807) is 42.5 Å². The molecule has 1 aliphatic heterocycles. The molecule has 186 valence electrons. The molecule has 0 bridgehead atoms. The lowest BCUT2D eigenvalue weighted by molar-refractivity contribution is -0.274. The van der Waals surface area contributed by atoms with E-state index in [4.69, 9.17) is 14.2 Å². The predicted octanol–water partition coefficient (Wildman–Crippen LogP) is 4.73. The Morgan fingerprint density at radius 2 is 1.64 bits per heavy atom. The highest BCUT2D eigenvalue weighted by atomic mass is 19.4. The summed E-state index contributed by atoms with van der Waals surface area (Å²) in [6, 6.07) is 16.0. The Kier molecular flexibility index (Phi) is 7.00. The number of hydrogen-bond donors (Lipinski definition) is 2. The Bertz CT molecular complexity index is 1290. The van der Waals surface area contributed by atoms with Crippen LogP contribution < -0.4 is 29.6 Å². The Hall–Kier alpha value is -4.67. The maximum atomic E-state index is 13.1. The fraction of sp³-hybridized carbons (Fsp3) is 0.120. The van der Waals surface area contributed by atoms with Crippen molar-refractivity contribution in [3.63, 3.8) is 0 Å². The van der Waals surface area contributed by atoms with Crippen molar-refractivity contribution in [2.45, 2.75) is 6.36 Å². The smallest absolute Gasteiger partial charge is 0.496 e. The maximum absolute atomic E-state index is 13.1. The van der Waals surface area contributed by atoms with Gasteiger partial charge >= 0.3 is 6.36 Å². The van der Waals surface area contributed by atoms with Crippen molar-refractivity contribution in [3.8, 4) is 23.0 Å². The van der Waals surface area contributed by atoms with Crippen molar-refractivity contribution in [3.05, 3.63) is 83.6 Å². The van der Waals surface area contributed by atoms with Crippen LogP contribution in [0.4, 0.5) is 18.9 Å². The molecule has 2 N–H and O–H groups in total. The minimum absolute atomic E-state index is 0.0256. The molecule has 0 aromatic heterocycles. The van der Waals surface area contributed by atoms with Gasteiger partial charge in [0, 0.05) is 22.9 Å². The van der Waals surface area contributed by atoms with E-state index in [9.17, 15) is 22.8 Å². The number of rotatable bonds is 7. The van der Waals surface area contributed by atoms with Crippen LogP contribution in [-0.2, 0) is 4.79 Å². The SMILES string of the molecule is COc1cc2c(cc1/C=C(/NC(=O)c1ccccc1)C(=O)Nc1ccc(OC(F)(F)F)cc1)OCO2. The number of carbonyl (C=O) groups excluding carboxylic acids is 2. The number of amides is 2. The molecule has 0 unspecified atom stereocenters. The van der Waals surface area contributed by atoms with E-state index in [0.717, 1.165) is 12.1 Å². The number of methoxy groups -OCH3 is 1. The van der Waals surface area contributed by atoms with Gasteiger partial charge in [0.1, 0.15) is 17.2 Å². The van der Waals surface area contributed by atoms with Gasteiger partial charge in [-0.1, -0.05) is 18.2 Å². The highest BCUT2D eigenvalue weighted by Crippen LogP contribution is 2.39. The van der Waals surface area contributed by atoms with Gasteiger partial charge in [-0.15, -0.1) is 13.2 Å². The van der Waals surface area contributed by atoms with Crippen LogP contribution in [0.15, 0.2) is 72.4 Å². The van der Waals surface area contributed by atoms with Gasteiger partial charge < -0.3 is 29.6 Å². The Balaban J connectivity index is 1.63. The second-order valence-electron chi connectivity index (χ2n) is 7.35. The average Bonchev–Trinajstić information content (AvgIpc) is 3.31. The molecule has 0 aliphatic carbocycles. The van der Waals surface area contributed by atoms with E-state index in [1.165, 1.54) is 25.3 Å². The van der Waals surface area contributed by atoms with Crippen LogP contribution >= 0.6 is 0 Å². The molecule has 0 atom stereocenters. The van der Waals surface area contributed by atoms with Crippen LogP contribution in [0.2, 0.25) is 0 Å². The molecule has 0 radical (unpaired) electrons. The first-order chi connectivity index (χ1) is 17.2. The Morgan fingerprint density at radius 3 is 2.28 bits per heavy atom. The minimum atomic E-state index is -4.84. The molecular formula is C25H19F3N2O6. The van der Waals surface area contributed by atoms with Crippen LogP contribution in [0.1, 0.15) is 15.9 Å². The van der Waals surface area contributed by atoms with Crippen LogP contribution in [0.3, 0.4) is 0 Å². The van der Waals surface area contributed by atoms with Crippen LogP contribution in [0, 0.1) is 0 Å². The number of ether oxygens (including phenoxy) is 4. The summed E-state index contributed by atoms with van der Waals surface area (Å²) in [5, 5.41) is 5.12. The van der Waals surface area contributed by atoms with Gasteiger partial charge in [-0.3, -0.25) is 9.59 Å². The highest BCUT2D eigenvalue weighted by Gasteiger charge is 2.31. The van der Waals surface area contributed by atoms with Gasteiger partial charge in [0.2, 0.25) is 6.79 Å². The number of halogens is 3. The van der Waals surface area contributed by atoms with Crippen molar-refractivity contribution >= 4 is 23.6 Å². The monoisotopic (exact) mass is 500 g/mol. The zero-order valence-electron chi connectivity index (χ0n) is 18.7. The number of carbonyl (C=O) groups is 2. The molecule has 0 fully saturated rings. The first-order valence-electron chi connectivity index (χ1n) is 10.4. The summed E-state index contributed by atoms with van der Waals surface area (Å²) in [6.07, 6.45) is -3.45. The van der Waals surface area contributed by atoms with Crippen molar-refractivity contribution in [1.82, 2.24) is 5.32 Å². The third-order valence-corrected chi connectivity index (χ3v) is 4.90. The summed E-state index contributed by atoms with van der Waals surface area (Å²) in [4.78, 5) is 25.9. The van der Waals surface area contributed by atoms with E-state index in [0.29, 0.717) is 28.4 Å². The molecule has 11 heteroatoms. The lowest BCUT2D eigenvalue weighted by Crippen LogP contribution is -2.30. The number of hydrogen-bond acceptors (Lipinski definition) is 6. The van der Waals surface area contributed by atoms with Crippen LogP contribution in [0.25, 0.3) is 6.08 Å². The van der Waals surface area contributed by atoms with Gasteiger partial charge in [-0.25, -0.2) is 0 Å². The van der Waals surface area contributed by atoms with Crippen LogP contribution in [0.5, 0.6) is 23.0 Å². The molecular weight excluding hydrogens is 481 g/mol. The third-order valence-electron chi connectivity index (χ3n) is 4.90. The molecule has 1 aliphatic rings. The lowest BCUT2D eigenvalue weighted by atomic mass is 10.1. The van der Waals surface area contributed by atoms with Crippen molar-refractivity contribution in [1.29, 1.82) is 0 Å². The average molecular weight is 500 g/mol. The predicted molar refractivity (Wildman–Crippen MR) is 123 cm³/mol. The second kappa shape index (κ2) is 10.3. The van der Waals surface area contributed by atoms with E-state index in [1.807, 2.05) is 0 Å².